The molecule has 0 saturated carbocycles. The van der Waals surface area contributed by atoms with E-state index in [1.807, 2.05) is 97.1 Å². The van der Waals surface area contributed by atoms with Gasteiger partial charge in [-0.2, -0.15) is 0 Å². The summed E-state index contributed by atoms with van der Waals surface area (Å²) in [4.78, 5) is 5.00. The number of piperazine rings is 1. The maximum absolute atomic E-state index is 6.44. The molecule has 0 aliphatic carbocycles. The fourth-order valence-electron chi connectivity index (χ4n) is 5.35. The van der Waals surface area contributed by atoms with E-state index in [0.29, 0.717) is 33.3 Å². The first-order valence-corrected chi connectivity index (χ1v) is 16.2. The highest BCUT2D eigenvalue weighted by Gasteiger charge is 2.20. The quantitative estimate of drug-likeness (QED) is 0.134. The van der Waals surface area contributed by atoms with Gasteiger partial charge in [0.2, 0.25) is 0 Å². The molecule has 0 aromatic heterocycles. The SMILES string of the molecule is Clc1ccc(C(OCCCN2CCN(CCOC(c3ccc(Cl)cc3)c3ccc(Cl)cc3)CC2)c2ccc(Cl)cc2)cc1. The van der Waals surface area contributed by atoms with E-state index in [1.54, 1.807) is 0 Å². The van der Waals surface area contributed by atoms with Crippen molar-refractivity contribution in [1.82, 2.24) is 9.80 Å². The number of hydrogen-bond acceptors (Lipinski definition) is 4. The van der Waals surface area contributed by atoms with Crippen molar-refractivity contribution in [2.45, 2.75) is 18.6 Å². The van der Waals surface area contributed by atoms with Crippen LogP contribution in [0.3, 0.4) is 0 Å². The minimum Gasteiger partial charge on any atom is -0.369 e. The Bertz CT molecular complexity index is 1300. The lowest BCUT2D eigenvalue weighted by atomic mass is 10.0. The maximum atomic E-state index is 6.44. The van der Waals surface area contributed by atoms with Crippen LogP contribution in [0.15, 0.2) is 97.1 Å². The second-order valence-corrected chi connectivity index (χ2v) is 12.5. The summed E-state index contributed by atoms with van der Waals surface area (Å²) in [5.41, 5.74) is 4.31. The number of ether oxygens (including phenoxy) is 2. The van der Waals surface area contributed by atoms with E-state index in [1.165, 1.54) is 0 Å². The lowest BCUT2D eigenvalue weighted by Gasteiger charge is -2.35. The van der Waals surface area contributed by atoms with E-state index in [9.17, 15) is 0 Å². The van der Waals surface area contributed by atoms with Crippen molar-refractivity contribution in [3.63, 3.8) is 0 Å². The average molecular weight is 658 g/mol. The molecule has 5 rings (SSSR count). The van der Waals surface area contributed by atoms with Crippen molar-refractivity contribution >= 4 is 46.4 Å². The van der Waals surface area contributed by atoms with E-state index >= 15 is 0 Å². The van der Waals surface area contributed by atoms with Gasteiger partial charge < -0.3 is 14.4 Å². The summed E-state index contributed by atoms with van der Waals surface area (Å²) in [6.45, 7) is 7.32. The molecule has 1 heterocycles. The number of rotatable bonds is 13. The van der Waals surface area contributed by atoms with Crippen molar-refractivity contribution in [2.24, 2.45) is 0 Å². The Morgan fingerprint density at radius 1 is 0.442 bits per heavy atom. The van der Waals surface area contributed by atoms with Crippen LogP contribution in [0.25, 0.3) is 0 Å². The van der Waals surface area contributed by atoms with Crippen molar-refractivity contribution < 1.29 is 9.47 Å². The fourth-order valence-corrected chi connectivity index (χ4v) is 5.85. The highest BCUT2D eigenvalue weighted by molar-refractivity contribution is 6.31. The van der Waals surface area contributed by atoms with Crippen LogP contribution in [0, 0.1) is 0 Å². The van der Waals surface area contributed by atoms with Crippen LogP contribution >= 0.6 is 46.4 Å². The topological polar surface area (TPSA) is 24.9 Å². The molecule has 0 spiro atoms. The fraction of sp³-hybridized carbons (Fsp3) is 0.314. The lowest BCUT2D eigenvalue weighted by molar-refractivity contribution is 0.0403. The molecule has 8 heteroatoms. The van der Waals surface area contributed by atoms with Crippen molar-refractivity contribution in [1.29, 1.82) is 0 Å². The first-order chi connectivity index (χ1) is 20.9. The van der Waals surface area contributed by atoms with E-state index in [2.05, 4.69) is 9.80 Å². The van der Waals surface area contributed by atoms with Gasteiger partial charge in [-0.3, -0.25) is 4.90 Å². The van der Waals surface area contributed by atoms with Crippen molar-refractivity contribution in [2.75, 3.05) is 52.5 Å². The van der Waals surface area contributed by atoms with Gasteiger partial charge in [0, 0.05) is 66.0 Å². The summed E-state index contributed by atoms with van der Waals surface area (Å²) in [7, 11) is 0. The third-order valence-corrected chi connectivity index (χ3v) is 8.76. The van der Waals surface area contributed by atoms with E-state index in [-0.39, 0.29) is 12.2 Å². The summed E-state index contributed by atoms with van der Waals surface area (Å²) >= 11 is 24.5. The van der Waals surface area contributed by atoms with Gasteiger partial charge in [-0.25, -0.2) is 0 Å². The molecule has 1 aliphatic heterocycles. The molecule has 4 nitrogen and oxygen atoms in total. The van der Waals surface area contributed by atoms with Gasteiger partial charge >= 0.3 is 0 Å². The monoisotopic (exact) mass is 656 g/mol. The summed E-state index contributed by atoms with van der Waals surface area (Å²) < 4.78 is 12.9. The Labute approximate surface area is 275 Å². The van der Waals surface area contributed by atoms with Crippen LogP contribution in [0.4, 0.5) is 0 Å². The number of nitrogens with zero attached hydrogens (tertiary/aromatic N) is 2. The third kappa shape index (κ3) is 9.68. The van der Waals surface area contributed by atoms with E-state index in [0.717, 1.165) is 67.9 Å². The minimum absolute atomic E-state index is 0.157. The van der Waals surface area contributed by atoms with Gasteiger partial charge in [-0.05, 0) is 77.2 Å². The Balaban J connectivity index is 1.06. The number of halogens is 4. The Morgan fingerprint density at radius 3 is 1.09 bits per heavy atom. The Hall–Kier alpha value is -2.12. The molecule has 0 amide bonds. The maximum Gasteiger partial charge on any atom is 0.108 e. The number of hydrogen-bond donors (Lipinski definition) is 0. The van der Waals surface area contributed by atoms with Crippen molar-refractivity contribution in [3.05, 3.63) is 139 Å². The van der Waals surface area contributed by atoms with Crippen LogP contribution in [-0.2, 0) is 9.47 Å². The Kier molecular flexibility index (Phi) is 12.2. The molecule has 1 saturated heterocycles. The molecule has 4 aromatic carbocycles. The van der Waals surface area contributed by atoms with E-state index < -0.39 is 0 Å². The van der Waals surface area contributed by atoms with Gasteiger partial charge in [0.05, 0.1) is 6.61 Å². The smallest absolute Gasteiger partial charge is 0.108 e. The zero-order valence-electron chi connectivity index (χ0n) is 24.0. The molecule has 1 fully saturated rings. The predicted molar refractivity (Wildman–Crippen MR) is 179 cm³/mol. The van der Waals surface area contributed by atoms with E-state index in [4.69, 9.17) is 55.9 Å². The van der Waals surface area contributed by atoms with Crippen LogP contribution in [-0.4, -0.2) is 62.3 Å². The highest BCUT2D eigenvalue weighted by Crippen LogP contribution is 2.30. The summed E-state index contributed by atoms with van der Waals surface area (Å²) in [5.74, 6) is 0. The molecule has 226 valence electrons. The summed E-state index contributed by atoms with van der Waals surface area (Å²) in [6, 6.07) is 31.4. The first kappa shape index (κ1) is 32.3. The van der Waals surface area contributed by atoms with Crippen LogP contribution < -0.4 is 0 Å². The predicted octanol–water partition coefficient (Wildman–Crippen LogP) is 9.22. The first-order valence-electron chi connectivity index (χ1n) is 14.6. The largest absolute Gasteiger partial charge is 0.369 e. The second kappa shape index (κ2) is 16.3. The van der Waals surface area contributed by atoms with Gasteiger partial charge in [-0.1, -0.05) is 94.9 Å². The molecular weight excluding hydrogens is 622 g/mol. The highest BCUT2D eigenvalue weighted by atomic mass is 35.5. The molecule has 0 N–H and O–H groups in total. The molecule has 4 aromatic rings. The van der Waals surface area contributed by atoms with Crippen LogP contribution in [0.1, 0.15) is 40.9 Å². The van der Waals surface area contributed by atoms with Gasteiger partial charge in [0.15, 0.2) is 0 Å². The zero-order chi connectivity index (χ0) is 30.0. The molecule has 0 radical (unpaired) electrons. The second-order valence-electron chi connectivity index (χ2n) is 10.7. The average Bonchev–Trinajstić information content (AvgIpc) is 3.02. The van der Waals surface area contributed by atoms with Crippen LogP contribution in [0.2, 0.25) is 20.1 Å². The molecule has 43 heavy (non-hydrogen) atoms. The number of benzene rings is 4. The van der Waals surface area contributed by atoms with Gasteiger partial charge in [-0.15, -0.1) is 0 Å². The molecule has 0 unspecified atom stereocenters. The Morgan fingerprint density at radius 2 is 0.744 bits per heavy atom. The van der Waals surface area contributed by atoms with Gasteiger partial charge in [0.25, 0.3) is 0 Å². The zero-order valence-corrected chi connectivity index (χ0v) is 27.0. The van der Waals surface area contributed by atoms with Crippen molar-refractivity contribution in [3.8, 4) is 0 Å². The molecule has 0 atom stereocenters. The molecule has 0 bridgehead atoms. The minimum atomic E-state index is -0.166. The molecular formula is C35H36Cl4N2O2. The van der Waals surface area contributed by atoms with Gasteiger partial charge in [0.1, 0.15) is 12.2 Å². The third-order valence-electron chi connectivity index (χ3n) is 7.75. The molecule has 1 aliphatic rings. The lowest BCUT2D eigenvalue weighted by Crippen LogP contribution is -2.47. The van der Waals surface area contributed by atoms with Crippen LogP contribution in [0.5, 0.6) is 0 Å². The standard InChI is InChI=1S/C35H36Cl4N2O2/c36-30-10-2-26(3-11-30)34(27-4-12-31(37)13-5-27)42-24-1-18-40-19-21-41(22-20-40)23-25-43-35(28-6-14-32(38)15-7-28)29-8-16-33(39)17-9-29/h2-17,34-35H,1,18-25H2. The summed E-state index contributed by atoms with van der Waals surface area (Å²) in [5, 5.41) is 2.86. The summed E-state index contributed by atoms with van der Waals surface area (Å²) in [6.07, 6.45) is 0.640. The normalized spacial score (nSPS) is 14.6.